The van der Waals surface area contributed by atoms with E-state index in [4.69, 9.17) is 4.74 Å². The van der Waals surface area contributed by atoms with Gasteiger partial charge in [0, 0.05) is 23.0 Å². The van der Waals surface area contributed by atoms with Crippen LogP contribution in [0.5, 0.6) is 5.75 Å². The van der Waals surface area contributed by atoms with Crippen LogP contribution in [0.15, 0.2) is 28.4 Å². The Labute approximate surface area is 95.8 Å². The fourth-order valence-corrected chi connectivity index (χ4v) is 1.42. The Morgan fingerprint density at radius 1 is 1.60 bits per heavy atom. The molecule has 0 spiro atoms. The maximum Gasteiger partial charge on any atom is 0.243 e. The molecule has 1 aromatic rings. The van der Waals surface area contributed by atoms with Gasteiger partial charge in [-0.05, 0) is 18.2 Å². The third kappa shape index (κ3) is 3.06. The third-order valence-corrected chi connectivity index (χ3v) is 2.34. The summed E-state index contributed by atoms with van der Waals surface area (Å²) in [5.41, 5.74) is 0.769. The van der Waals surface area contributed by atoms with Gasteiger partial charge in [0.25, 0.3) is 0 Å². The molecule has 1 rings (SSSR count). The highest BCUT2D eigenvalue weighted by Crippen LogP contribution is 2.25. The molecule has 0 aromatic heterocycles. The van der Waals surface area contributed by atoms with E-state index < -0.39 is 4.92 Å². The maximum atomic E-state index is 10.5. The van der Waals surface area contributed by atoms with Gasteiger partial charge in [-0.1, -0.05) is 15.9 Å². The van der Waals surface area contributed by atoms with E-state index in [9.17, 15) is 10.1 Å². The van der Waals surface area contributed by atoms with Crippen LogP contribution in [0.2, 0.25) is 0 Å². The first-order valence-electron chi connectivity index (χ1n) is 4.21. The summed E-state index contributed by atoms with van der Waals surface area (Å²) in [5, 5.41) is 10.5. The monoisotopic (exact) mass is 271 g/mol. The van der Waals surface area contributed by atoms with Gasteiger partial charge in [-0.2, -0.15) is 0 Å². The molecule has 0 atom stereocenters. The molecule has 1 aromatic carbocycles. The van der Waals surface area contributed by atoms with E-state index in [1.165, 1.54) is 20.1 Å². The van der Waals surface area contributed by atoms with Crippen molar-refractivity contribution in [1.82, 2.24) is 0 Å². The Hall–Kier alpha value is -1.36. The number of hydrogen-bond donors (Lipinski definition) is 0. The minimum Gasteiger partial charge on any atom is -0.496 e. The molecule has 0 fully saturated rings. The van der Waals surface area contributed by atoms with E-state index in [1.807, 2.05) is 6.07 Å². The molecule has 0 heterocycles. The zero-order chi connectivity index (χ0) is 11.4. The second-order valence-corrected chi connectivity index (χ2v) is 3.84. The lowest BCUT2D eigenvalue weighted by Gasteiger charge is -2.04. The average molecular weight is 272 g/mol. The van der Waals surface area contributed by atoms with Gasteiger partial charge in [0.05, 0.1) is 12.0 Å². The number of benzene rings is 1. The van der Waals surface area contributed by atoms with E-state index in [1.54, 1.807) is 12.1 Å². The Kier molecular flexibility index (Phi) is 3.85. The highest BCUT2D eigenvalue weighted by molar-refractivity contribution is 9.10. The van der Waals surface area contributed by atoms with Crippen molar-refractivity contribution in [3.8, 4) is 5.75 Å². The molecular weight excluding hydrogens is 262 g/mol. The molecule has 0 aliphatic carbocycles. The minimum atomic E-state index is -0.429. The molecule has 0 radical (unpaired) electrons. The number of hydrogen-bond acceptors (Lipinski definition) is 3. The van der Waals surface area contributed by atoms with Gasteiger partial charge in [-0.3, -0.25) is 10.1 Å². The van der Waals surface area contributed by atoms with Crippen LogP contribution in [-0.2, 0) is 0 Å². The van der Waals surface area contributed by atoms with Crippen molar-refractivity contribution in [2.24, 2.45) is 0 Å². The number of nitro groups is 1. The van der Waals surface area contributed by atoms with Gasteiger partial charge >= 0.3 is 0 Å². The molecule has 0 saturated heterocycles. The van der Waals surface area contributed by atoms with Crippen LogP contribution in [-0.4, -0.2) is 12.0 Å². The lowest BCUT2D eigenvalue weighted by atomic mass is 10.2. The summed E-state index contributed by atoms with van der Waals surface area (Å²) in [4.78, 5) is 10.0. The standard InChI is InChI=1S/C10H10BrNO3/c1-7(12(13)14)5-8-3-4-9(11)6-10(8)15-2/h3-6H,1-2H3/b7-5+. The Morgan fingerprint density at radius 2 is 2.27 bits per heavy atom. The Bertz CT molecular complexity index is 415. The molecule has 0 aliphatic rings. The SMILES string of the molecule is COc1cc(Br)ccc1/C=C(\C)[N+](=O)[O-]. The van der Waals surface area contributed by atoms with Crippen LogP contribution in [0.25, 0.3) is 6.08 Å². The topological polar surface area (TPSA) is 52.4 Å². The number of nitrogens with zero attached hydrogens (tertiary/aromatic N) is 1. The van der Waals surface area contributed by atoms with Gasteiger partial charge in [0.15, 0.2) is 0 Å². The summed E-state index contributed by atoms with van der Waals surface area (Å²) in [7, 11) is 1.53. The summed E-state index contributed by atoms with van der Waals surface area (Å²) in [6.45, 7) is 1.45. The van der Waals surface area contributed by atoms with Crippen LogP contribution >= 0.6 is 15.9 Å². The molecule has 0 amide bonds. The fraction of sp³-hybridized carbons (Fsp3) is 0.200. The third-order valence-electron chi connectivity index (χ3n) is 1.85. The first-order valence-corrected chi connectivity index (χ1v) is 5.00. The molecule has 5 heteroatoms. The second-order valence-electron chi connectivity index (χ2n) is 2.93. The molecule has 0 saturated carbocycles. The number of methoxy groups -OCH3 is 1. The zero-order valence-electron chi connectivity index (χ0n) is 8.36. The highest BCUT2D eigenvalue weighted by atomic mass is 79.9. The first kappa shape index (κ1) is 11.7. The summed E-state index contributed by atoms with van der Waals surface area (Å²) < 4.78 is 5.98. The van der Waals surface area contributed by atoms with E-state index in [0.29, 0.717) is 11.3 Å². The lowest BCUT2D eigenvalue weighted by Crippen LogP contribution is -1.94. The number of rotatable bonds is 3. The van der Waals surface area contributed by atoms with E-state index >= 15 is 0 Å². The number of ether oxygens (including phenoxy) is 1. The molecule has 80 valence electrons. The van der Waals surface area contributed by atoms with E-state index in [-0.39, 0.29) is 5.70 Å². The average Bonchev–Trinajstić information content (AvgIpc) is 2.20. The van der Waals surface area contributed by atoms with Crippen LogP contribution in [0.4, 0.5) is 0 Å². The molecule has 0 unspecified atom stereocenters. The van der Waals surface area contributed by atoms with Gasteiger partial charge in [0.2, 0.25) is 5.70 Å². The van der Waals surface area contributed by atoms with Crippen molar-refractivity contribution in [1.29, 1.82) is 0 Å². The summed E-state index contributed by atoms with van der Waals surface area (Å²) in [5.74, 6) is 0.602. The minimum absolute atomic E-state index is 0.0793. The van der Waals surface area contributed by atoms with Crippen LogP contribution < -0.4 is 4.74 Å². The lowest BCUT2D eigenvalue weighted by molar-refractivity contribution is -0.422. The second kappa shape index (κ2) is 4.93. The molecule has 0 N–H and O–H groups in total. The van der Waals surface area contributed by atoms with Crippen LogP contribution in [0.3, 0.4) is 0 Å². The number of halogens is 1. The molecule has 0 bridgehead atoms. The first-order chi connectivity index (χ1) is 7.04. The summed E-state index contributed by atoms with van der Waals surface area (Å²) >= 11 is 3.30. The normalized spacial score (nSPS) is 11.3. The van der Waals surface area contributed by atoms with Gasteiger partial charge in [0.1, 0.15) is 5.75 Å². The zero-order valence-corrected chi connectivity index (χ0v) is 9.95. The largest absolute Gasteiger partial charge is 0.496 e. The van der Waals surface area contributed by atoms with Gasteiger partial charge in [-0.15, -0.1) is 0 Å². The Morgan fingerprint density at radius 3 is 2.80 bits per heavy atom. The van der Waals surface area contributed by atoms with Crippen LogP contribution in [0.1, 0.15) is 12.5 Å². The smallest absolute Gasteiger partial charge is 0.243 e. The van der Waals surface area contributed by atoms with Crippen molar-refractivity contribution in [2.75, 3.05) is 7.11 Å². The predicted molar refractivity (Wildman–Crippen MR) is 61.3 cm³/mol. The van der Waals surface area contributed by atoms with Crippen molar-refractivity contribution in [3.05, 3.63) is 44.0 Å². The van der Waals surface area contributed by atoms with E-state index in [0.717, 1.165) is 4.47 Å². The predicted octanol–water partition coefficient (Wildman–Crippen LogP) is 3.10. The Balaban J connectivity index is 3.15. The molecule has 0 aliphatic heterocycles. The quantitative estimate of drug-likeness (QED) is 0.627. The molecule has 4 nitrogen and oxygen atoms in total. The number of allylic oxidation sites excluding steroid dienone is 1. The summed E-state index contributed by atoms with van der Waals surface area (Å²) in [6.07, 6.45) is 1.48. The van der Waals surface area contributed by atoms with Crippen molar-refractivity contribution in [2.45, 2.75) is 6.92 Å². The fourth-order valence-electron chi connectivity index (χ4n) is 1.08. The van der Waals surface area contributed by atoms with Gasteiger partial charge < -0.3 is 4.74 Å². The van der Waals surface area contributed by atoms with Crippen LogP contribution in [0, 0.1) is 10.1 Å². The maximum absolute atomic E-state index is 10.5. The van der Waals surface area contributed by atoms with Crippen molar-refractivity contribution >= 4 is 22.0 Å². The molecule has 15 heavy (non-hydrogen) atoms. The van der Waals surface area contributed by atoms with Crippen molar-refractivity contribution in [3.63, 3.8) is 0 Å². The summed E-state index contributed by atoms with van der Waals surface area (Å²) in [6, 6.07) is 5.33. The molecular formula is C10H10BrNO3. The highest BCUT2D eigenvalue weighted by Gasteiger charge is 2.06. The van der Waals surface area contributed by atoms with Crippen molar-refractivity contribution < 1.29 is 9.66 Å². The van der Waals surface area contributed by atoms with Gasteiger partial charge in [-0.25, -0.2) is 0 Å². The van der Waals surface area contributed by atoms with E-state index in [2.05, 4.69) is 15.9 Å².